The number of nitrogens with zero attached hydrogens (tertiary/aromatic N) is 4. The van der Waals surface area contributed by atoms with Gasteiger partial charge in [0.05, 0.1) is 18.7 Å². The Morgan fingerprint density at radius 1 is 0.970 bits per heavy atom. The highest BCUT2D eigenvalue weighted by Gasteiger charge is 2.25. The number of hydrogen-bond donors (Lipinski definition) is 0. The fourth-order valence-electron chi connectivity index (χ4n) is 3.90. The van der Waals surface area contributed by atoms with Crippen LogP contribution in [0.3, 0.4) is 0 Å². The van der Waals surface area contributed by atoms with Gasteiger partial charge in [0, 0.05) is 56.8 Å². The Labute approximate surface area is 194 Å². The smallest absolute Gasteiger partial charge is 0.254 e. The van der Waals surface area contributed by atoms with E-state index >= 15 is 0 Å². The number of aromatic nitrogens is 2. The Bertz CT molecular complexity index is 1100. The zero-order valence-electron chi connectivity index (χ0n) is 18.8. The monoisotopic (exact) mass is 444 g/mol. The molecule has 1 saturated heterocycles. The Hall–Kier alpha value is -3.74. The number of carbonyl (C=O) groups excluding carboxylic acids is 2. The van der Waals surface area contributed by atoms with E-state index in [1.807, 2.05) is 18.2 Å². The van der Waals surface area contributed by atoms with E-state index in [4.69, 9.17) is 4.74 Å². The van der Waals surface area contributed by atoms with Crippen molar-refractivity contribution in [1.29, 1.82) is 0 Å². The molecule has 4 rings (SSSR count). The van der Waals surface area contributed by atoms with Crippen molar-refractivity contribution >= 4 is 11.8 Å². The van der Waals surface area contributed by atoms with E-state index in [9.17, 15) is 9.59 Å². The molecule has 1 fully saturated rings. The third-order valence-corrected chi connectivity index (χ3v) is 5.69. The highest BCUT2D eigenvalue weighted by atomic mass is 16.5. The van der Waals surface area contributed by atoms with E-state index < -0.39 is 0 Å². The molecule has 170 valence electrons. The number of rotatable bonds is 7. The van der Waals surface area contributed by atoms with Gasteiger partial charge in [-0.25, -0.2) is 0 Å². The lowest BCUT2D eigenvalue weighted by atomic mass is 10.1. The van der Waals surface area contributed by atoms with Gasteiger partial charge in [0.15, 0.2) is 0 Å². The fourth-order valence-corrected chi connectivity index (χ4v) is 3.90. The van der Waals surface area contributed by atoms with Crippen LogP contribution in [-0.2, 0) is 17.6 Å². The Balaban J connectivity index is 1.27. The molecule has 0 spiro atoms. The minimum atomic E-state index is -0.0415. The first-order valence-electron chi connectivity index (χ1n) is 11.2. The van der Waals surface area contributed by atoms with Crippen molar-refractivity contribution in [3.63, 3.8) is 0 Å². The van der Waals surface area contributed by atoms with Gasteiger partial charge in [-0.15, -0.1) is 0 Å². The van der Waals surface area contributed by atoms with E-state index in [0.29, 0.717) is 49.8 Å². The summed E-state index contributed by atoms with van der Waals surface area (Å²) in [4.78, 5) is 37.3. The molecule has 2 aromatic carbocycles. The van der Waals surface area contributed by atoms with Crippen molar-refractivity contribution in [2.24, 2.45) is 0 Å². The molecule has 0 N–H and O–H groups in total. The van der Waals surface area contributed by atoms with Crippen LogP contribution in [0.15, 0.2) is 67.1 Å². The maximum Gasteiger partial charge on any atom is 0.254 e. The lowest BCUT2D eigenvalue weighted by Gasteiger charge is -2.34. The summed E-state index contributed by atoms with van der Waals surface area (Å²) in [5.74, 6) is 0.651. The topological polar surface area (TPSA) is 75.6 Å². The van der Waals surface area contributed by atoms with Crippen molar-refractivity contribution in [3.8, 4) is 5.75 Å². The normalized spacial score (nSPS) is 13.6. The second-order valence-electron chi connectivity index (χ2n) is 8.16. The quantitative estimate of drug-likeness (QED) is 0.560. The van der Waals surface area contributed by atoms with Crippen molar-refractivity contribution < 1.29 is 14.3 Å². The van der Waals surface area contributed by atoms with Crippen LogP contribution in [0.4, 0.5) is 0 Å². The van der Waals surface area contributed by atoms with Gasteiger partial charge < -0.3 is 14.5 Å². The van der Waals surface area contributed by atoms with Crippen LogP contribution in [0.25, 0.3) is 0 Å². The summed E-state index contributed by atoms with van der Waals surface area (Å²) in [6.07, 6.45) is 5.81. The summed E-state index contributed by atoms with van der Waals surface area (Å²) in [7, 11) is 0. The van der Waals surface area contributed by atoms with Gasteiger partial charge in [-0.2, -0.15) is 0 Å². The molecule has 1 aliphatic rings. The zero-order chi connectivity index (χ0) is 23.0. The SMILES string of the molecule is Cc1cccc(CCOc2cccc(C(=O)N3CCN(C(=O)Cc4cnccn4)CC3)c2)c1. The summed E-state index contributed by atoms with van der Waals surface area (Å²) >= 11 is 0. The first-order chi connectivity index (χ1) is 16.1. The minimum Gasteiger partial charge on any atom is -0.493 e. The van der Waals surface area contributed by atoms with Crippen LogP contribution in [0.2, 0.25) is 0 Å². The van der Waals surface area contributed by atoms with Crippen LogP contribution in [-0.4, -0.2) is 64.4 Å². The Kier molecular flexibility index (Phi) is 7.29. The molecule has 0 atom stereocenters. The van der Waals surface area contributed by atoms with Gasteiger partial charge >= 0.3 is 0 Å². The molecule has 0 unspecified atom stereocenters. The minimum absolute atomic E-state index is 0.00612. The second kappa shape index (κ2) is 10.7. The van der Waals surface area contributed by atoms with Gasteiger partial charge in [-0.3, -0.25) is 19.6 Å². The van der Waals surface area contributed by atoms with Gasteiger partial charge in [-0.05, 0) is 30.7 Å². The van der Waals surface area contributed by atoms with Gasteiger partial charge in [0.1, 0.15) is 5.75 Å². The molecular weight excluding hydrogens is 416 g/mol. The van der Waals surface area contributed by atoms with Crippen LogP contribution in [0, 0.1) is 6.92 Å². The largest absolute Gasteiger partial charge is 0.493 e. The fraction of sp³-hybridized carbons (Fsp3) is 0.308. The summed E-state index contributed by atoms with van der Waals surface area (Å²) in [6.45, 7) is 4.66. The summed E-state index contributed by atoms with van der Waals surface area (Å²) in [6, 6.07) is 15.7. The van der Waals surface area contributed by atoms with E-state index in [2.05, 4.69) is 35.1 Å². The van der Waals surface area contributed by atoms with Gasteiger partial charge in [-0.1, -0.05) is 35.9 Å². The third-order valence-electron chi connectivity index (χ3n) is 5.69. The number of benzene rings is 2. The average molecular weight is 445 g/mol. The molecule has 1 aliphatic heterocycles. The van der Waals surface area contributed by atoms with Crippen LogP contribution in [0.5, 0.6) is 5.75 Å². The molecule has 33 heavy (non-hydrogen) atoms. The van der Waals surface area contributed by atoms with Gasteiger partial charge in [0.2, 0.25) is 5.91 Å². The summed E-state index contributed by atoms with van der Waals surface area (Å²) in [5.41, 5.74) is 3.72. The molecule has 1 aromatic heterocycles. The predicted molar refractivity (Wildman–Crippen MR) is 125 cm³/mol. The molecule has 7 nitrogen and oxygen atoms in total. The predicted octanol–water partition coefficient (Wildman–Crippen LogP) is 2.93. The number of piperazine rings is 1. The summed E-state index contributed by atoms with van der Waals surface area (Å²) in [5, 5.41) is 0. The molecule has 0 aliphatic carbocycles. The highest BCUT2D eigenvalue weighted by molar-refractivity contribution is 5.94. The van der Waals surface area contributed by atoms with E-state index in [1.54, 1.807) is 40.5 Å². The van der Waals surface area contributed by atoms with Gasteiger partial charge in [0.25, 0.3) is 5.91 Å². The molecule has 0 saturated carbocycles. The number of hydrogen-bond acceptors (Lipinski definition) is 5. The van der Waals surface area contributed by atoms with Crippen molar-refractivity contribution in [2.45, 2.75) is 19.8 Å². The van der Waals surface area contributed by atoms with E-state index in [1.165, 1.54) is 11.1 Å². The van der Waals surface area contributed by atoms with Crippen molar-refractivity contribution in [2.75, 3.05) is 32.8 Å². The van der Waals surface area contributed by atoms with Crippen molar-refractivity contribution in [3.05, 3.63) is 89.5 Å². The highest BCUT2D eigenvalue weighted by Crippen LogP contribution is 2.17. The average Bonchev–Trinajstić information content (AvgIpc) is 2.84. The van der Waals surface area contributed by atoms with Crippen LogP contribution in [0.1, 0.15) is 27.2 Å². The zero-order valence-corrected chi connectivity index (χ0v) is 18.8. The molecule has 2 amide bonds. The standard InChI is InChI=1S/C26H28N4O3/c1-20-4-2-5-21(16-20)8-15-33-24-7-3-6-22(17-24)26(32)30-13-11-29(12-14-30)25(31)18-23-19-27-9-10-28-23/h2-7,9-10,16-17,19H,8,11-15,18H2,1H3. The van der Waals surface area contributed by atoms with E-state index in [-0.39, 0.29) is 18.2 Å². The first-order valence-corrected chi connectivity index (χ1v) is 11.2. The number of ether oxygens (including phenoxy) is 1. The van der Waals surface area contributed by atoms with Crippen LogP contribution >= 0.6 is 0 Å². The third kappa shape index (κ3) is 6.16. The Morgan fingerprint density at radius 2 is 1.76 bits per heavy atom. The molecule has 0 radical (unpaired) electrons. The van der Waals surface area contributed by atoms with E-state index in [0.717, 1.165) is 6.42 Å². The lowest BCUT2D eigenvalue weighted by molar-refractivity contribution is -0.132. The molecular formula is C26H28N4O3. The Morgan fingerprint density at radius 3 is 2.52 bits per heavy atom. The molecule has 3 aromatic rings. The molecule has 7 heteroatoms. The van der Waals surface area contributed by atoms with Crippen LogP contribution < -0.4 is 4.74 Å². The number of aryl methyl sites for hydroxylation is 1. The number of amides is 2. The first kappa shape index (κ1) is 22.5. The number of carbonyl (C=O) groups is 2. The maximum atomic E-state index is 13.0. The molecule has 0 bridgehead atoms. The lowest BCUT2D eigenvalue weighted by Crippen LogP contribution is -2.51. The second-order valence-corrected chi connectivity index (χ2v) is 8.16. The summed E-state index contributed by atoms with van der Waals surface area (Å²) < 4.78 is 5.90. The molecule has 2 heterocycles. The maximum absolute atomic E-state index is 13.0. The van der Waals surface area contributed by atoms with Crippen molar-refractivity contribution in [1.82, 2.24) is 19.8 Å².